The lowest BCUT2D eigenvalue weighted by Crippen LogP contribution is -2.60. The van der Waals surface area contributed by atoms with Crippen LogP contribution in [-0.4, -0.2) is 0 Å². The summed E-state index contributed by atoms with van der Waals surface area (Å²) in [5.74, 6) is 0. The lowest BCUT2D eigenvalue weighted by molar-refractivity contribution is -0.757. The minimum absolute atomic E-state index is 0.122. The normalized spacial score (nSPS) is 14.0. The highest BCUT2D eigenvalue weighted by atomic mass is 31.1. The first kappa shape index (κ1) is 22.2. The van der Waals surface area contributed by atoms with E-state index in [1.54, 1.807) is 0 Å². The Morgan fingerprint density at radius 1 is 0.686 bits per heavy atom. The molecule has 0 aliphatic carbocycles. The summed E-state index contributed by atoms with van der Waals surface area (Å²) in [6.45, 7) is 4.69. The molecule has 1 aromatic heterocycles. The number of benzene rings is 4. The number of nitrogens with zero attached hydrogens (tertiary/aromatic N) is 1. The molecule has 6 rings (SSSR count). The smallest absolute Gasteiger partial charge is 0.192 e. The van der Waals surface area contributed by atoms with Gasteiger partial charge in [0.1, 0.15) is 0 Å². The minimum Gasteiger partial charge on any atom is -0.192 e. The van der Waals surface area contributed by atoms with Gasteiger partial charge in [-0.05, 0) is 46.9 Å². The Kier molecular flexibility index (Phi) is 5.75. The minimum atomic E-state index is -0.634. The van der Waals surface area contributed by atoms with Gasteiger partial charge in [0.15, 0.2) is 11.7 Å². The Balaban J connectivity index is 1.62. The van der Waals surface area contributed by atoms with Gasteiger partial charge in [0.05, 0.1) is 10.9 Å². The second-order valence-corrected chi connectivity index (χ2v) is 11.8. The van der Waals surface area contributed by atoms with E-state index in [0.29, 0.717) is 0 Å². The molecule has 5 aromatic rings. The molecular weight excluding hydrogens is 441 g/mol. The molecule has 0 N–H and O–H groups in total. The Labute approximate surface area is 209 Å². The number of hydrogen-bond donors (Lipinski definition) is 0. The van der Waals surface area contributed by atoms with Crippen LogP contribution in [0.3, 0.4) is 0 Å². The molecule has 0 saturated heterocycles. The van der Waals surface area contributed by atoms with Gasteiger partial charge in [-0.2, -0.15) is 4.57 Å². The van der Waals surface area contributed by atoms with E-state index in [-0.39, 0.29) is 5.54 Å². The maximum Gasteiger partial charge on any atom is 0.221 e. The van der Waals surface area contributed by atoms with Gasteiger partial charge in [0.2, 0.25) is 5.69 Å². The monoisotopic (exact) mass is 472 g/mol. The van der Waals surface area contributed by atoms with Crippen molar-refractivity contribution in [2.24, 2.45) is 0 Å². The van der Waals surface area contributed by atoms with Crippen LogP contribution in [0.2, 0.25) is 0 Å². The Bertz CT molecular complexity index is 1450. The van der Waals surface area contributed by atoms with Gasteiger partial charge >= 0.3 is 0 Å². The van der Waals surface area contributed by atoms with E-state index in [0.717, 1.165) is 19.3 Å². The molecule has 0 spiro atoms. The molecule has 2 heterocycles. The molecule has 0 saturated carbocycles. The van der Waals surface area contributed by atoms with Gasteiger partial charge in [-0.3, -0.25) is 0 Å². The Morgan fingerprint density at radius 3 is 1.97 bits per heavy atom. The quantitative estimate of drug-likeness (QED) is 0.200. The molecule has 0 amide bonds. The van der Waals surface area contributed by atoms with E-state index in [2.05, 4.69) is 134 Å². The van der Waals surface area contributed by atoms with Crippen LogP contribution in [0.5, 0.6) is 0 Å². The van der Waals surface area contributed by atoms with Crippen molar-refractivity contribution in [3.8, 4) is 11.3 Å². The van der Waals surface area contributed by atoms with Crippen LogP contribution < -0.4 is 20.5 Å². The van der Waals surface area contributed by atoms with Crippen molar-refractivity contribution in [1.29, 1.82) is 0 Å². The van der Waals surface area contributed by atoms with Gasteiger partial charge in [-0.1, -0.05) is 105 Å². The fourth-order valence-electron chi connectivity index (χ4n) is 5.85. The van der Waals surface area contributed by atoms with Crippen LogP contribution in [0.4, 0.5) is 0 Å². The van der Waals surface area contributed by atoms with Crippen LogP contribution in [0.1, 0.15) is 32.3 Å². The second-order valence-electron chi connectivity index (χ2n) is 9.58. The lowest BCUT2D eigenvalue weighted by Gasteiger charge is -2.34. The van der Waals surface area contributed by atoms with Gasteiger partial charge < -0.3 is 0 Å². The number of aromatic nitrogens is 1. The number of hydrogen-bond acceptors (Lipinski definition) is 0. The summed E-state index contributed by atoms with van der Waals surface area (Å²) < 4.78 is 2.61. The van der Waals surface area contributed by atoms with Crippen molar-refractivity contribution >= 4 is 34.6 Å². The van der Waals surface area contributed by atoms with E-state index in [1.165, 1.54) is 43.5 Å². The molecular formula is C33H31NP+. The predicted octanol–water partition coefficient (Wildman–Crippen LogP) is 6.62. The van der Waals surface area contributed by atoms with Gasteiger partial charge in [0, 0.05) is 25.3 Å². The molecule has 4 aromatic carbocycles. The number of fused-ring (bicyclic) bond motifs is 5. The van der Waals surface area contributed by atoms with E-state index >= 15 is 0 Å². The van der Waals surface area contributed by atoms with Crippen LogP contribution in [0.15, 0.2) is 115 Å². The molecule has 0 bridgehead atoms. The molecule has 0 atom stereocenters. The molecule has 1 aliphatic heterocycles. The van der Waals surface area contributed by atoms with E-state index in [1.807, 2.05) is 0 Å². The summed E-state index contributed by atoms with van der Waals surface area (Å²) in [4.78, 5) is 0. The molecule has 1 nitrogen and oxygen atoms in total. The summed E-state index contributed by atoms with van der Waals surface area (Å²) in [6, 6.07) is 40.6. The molecule has 0 unspecified atom stereocenters. The summed E-state index contributed by atoms with van der Waals surface area (Å²) in [6.07, 6.45) is 5.68. The molecule has 0 radical (unpaired) electrons. The van der Waals surface area contributed by atoms with Crippen molar-refractivity contribution in [3.05, 3.63) is 121 Å². The molecule has 2 heteroatoms. The van der Waals surface area contributed by atoms with Crippen LogP contribution in [-0.2, 0) is 12.0 Å². The zero-order chi connectivity index (χ0) is 23.8. The molecule has 0 fully saturated rings. The largest absolute Gasteiger partial charge is 0.221 e. The predicted molar refractivity (Wildman–Crippen MR) is 151 cm³/mol. The van der Waals surface area contributed by atoms with E-state index < -0.39 is 7.92 Å². The van der Waals surface area contributed by atoms with E-state index in [4.69, 9.17) is 0 Å². The maximum atomic E-state index is 2.61. The summed E-state index contributed by atoms with van der Waals surface area (Å²) in [7, 11) is -0.634. The first-order valence-electron chi connectivity index (χ1n) is 12.7. The highest BCUT2D eigenvalue weighted by Gasteiger charge is 2.44. The summed E-state index contributed by atoms with van der Waals surface area (Å²) in [5, 5.41) is 6.86. The SMILES string of the molecule is CCC1(CC)Cc2ccc(P(c3ccccc3)c3ccccc3)cc2-c2c3ccccc3cc[n+]21. The number of pyridine rings is 1. The third-order valence-corrected chi connectivity index (χ3v) is 10.3. The fourth-order valence-corrected chi connectivity index (χ4v) is 8.16. The first-order valence-corrected chi connectivity index (χ1v) is 14.1. The maximum absolute atomic E-state index is 2.61. The van der Waals surface area contributed by atoms with E-state index in [9.17, 15) is 0 Å². The first-order chi connectivity index (χ1) is 17.2. The van der Waals surface area contributed by atoms with Crippen LogP contribution >= 0.6 is 7.92 Å². The standard InChI is InChI=1S/C33H31NP/c1-3-33(4-2)24-26-19-20-29(35(27-14-7-5-8-15-27)28-16-9-6-10-17-28)23-31(26)32-30-18-12-11-13-25(30)21-22-34(32)33/h5-23H,3-4,24H2,1-2H3/q+1. The highest BCUT2D eigenvalue weighted by molar-refractivity contribution is 7.79. The van der Waals surface area contributed by atoms with Gasteiger partial charge in [0.25, 0.3) is 0 Å². The van der Waals surface area contributed by atoms with Crippen molar-refractivity contribution in [2.75, 3.05) is 0 Å². The zero-order valence-electron chi connectivity index (χ0n) is 20.5. The van der Waals surface area contributed by atoms with Gasteiger partial charge in [-0.15, -0.1) is 0 Å². The zero-order valence-corrected chi connectivity index (χ0v) is 21.4. The molecule has 1 aliphatic rings. The van der Waals surface area contributed by atoms with Gasteiger partial charge in [-0.25, -0.2) is 0 Å². The van der Waals surface area contributed by atoms with Crippen molar-refractivity contribution in [3.63, 3.8) is 0 Å². The highest BCUT2D eigenvalue weighted by Crippen LogP contribution is 2.41. The van der Waals surface area contributed by atoms with Crippen LogP contribution in [0.25, 0.3) is 22.0 Å². The molecule has 35 heavy (non-hydrogen) atoms. The van der Waals surface area contributed by atoms with Crippen molar-refractivity contribution in [1.82, 2.24) is 0 Å². The average molecular weight is 473 g/mol. The number of rotatable bonds is 5. The lowest BCUT2D eigenvalue weighted by atomic mass is 9.78. The molecule has 172 valence electrons. The van der Waals surface area contributed by atoms with Crippen molar-refractivity contribution in [2.45, 2.75) is 38.6 Å². The third-order valence-electron chi connectivity index (χ3n) is 7.84. The van der Waals surface area contributed by atoms with Crippen LogP contribution in [0, 0.1) is 0 Å². The fraction of sp³-hybridized carbons (Fsp3) is 0.182. The summed E-state index contributed by atoms with van der Waals surface area (Å²) in [5.41, 5.74) is 4.38. The van der Waals surface area contributed by atoms with Crippen molar-refractivity contribution < 1.29 is 4.57 Å². The average Bonchev–Trinajstić information content (AvgIpc) is 2.93. The Morgan fingerprint density at radius 2 is 1.31 bits per heavy atom. The summed E-state index contributed by atoms with van der Waals surface area (Å²) >= 11 is 0. The second kappa shape index (κ2) is 9.06. The topological polar surface area (TPSA) is 3.88 Å². The third kappa shape index (κ3) is 3.70. The Hall–Kier alpha value is -3.28.